The van der Waals surface area contributed by atoms with Gasteiger partial charge in [0.2, 0.25) is 10.0 Å². The number of nitrogens with one attached hydrogen (secondary N) is 1. The summed E-state index contributed by atoms with van der Waals surface area (Å²) in [4.78, 5) is 3.95. The maximum atomic E-state index is 12.1. The summed E-state index contributed by atoms with van der Waals surface area (Å²) >= 11 is 11.6. The molecule has 7 heteroatoms. The van der Waals surface area contributed by atoms with Gasteiger partial charge in [0.1, 0.15) is 0 Å². The second-order valence-corrected chi connectivity index (χ2v) is 6.43. The Morgan fingerprint density at radius 1 is 1.16 bits per heavy atom. The number of halogens is 2. The zero-order chi connectivity index (χ0) is 13.9. The van der Waals surface area contributed by atoms with Crippen LogP contribution in [0.3, 0.4) is 0 Å². The fraction of sp³-hybridized carbons (Fsp3) is 0.0833. The zero-order valence-electron chi connectivity index (χ0n) is 9.68. The number of nitrogens with zero attached hydrogens (tertiary/aromatic N) is 1. The first-order chi connectivity index (χ1) is 8.97. The summed E-state index contributed by atoms with van der Waals surface area (Å²) < 4.78 is 26.6. The lowest BCUT2D eigenvalue weighted by Gasteiger charge is -2.07. The quantitative estimate of drug-likeness (QED) is 0.943. The molecule has 0 amide bonds. The van der Waals surface area contributed by atoms with Gasteiger partial charge in [-0.3, -0.25) is 4.98 Å². The van der Waals surface area contributed by atoms with Crippen LogP contribution in [0.15, 0.2) is 47.6 Å². The molecule has 4 nitrogen and oxygen atoms in total. The number of pyridine rings is 1. The molecule has 0 atom stereocenters. The molecule has 0 aliphatic heterocycles. The Morgan fingerprint density at radius 2 is 1.84 bits per heavy atom. The van der Waals surface area contributed by atoms with Crippen LogP contribution in [0.25, 0.3) is 0 Å². The van der Waals surface area contributed by atoms with Gasteiger partial charge in [-0.05, 0) is 29.8 Å². The highest BCUT2D eigenvalue weighted by molar-refractivity contribution is 7.89. The van der Waals surface area contributed by atoms with Gasteiger partial charge in [-0.25, -0.2) is 13.1 Å². The maximum Gasteiger partial charge on any atom is 0.240 e. The van der Waals surface area contributed by atoms with Gasteiger partial charge in [-0.15, -0.1) is 0 Å². The number of hydrogen-bond donors (Lipinski definition) is 1. The van der Waals surface area contributed by atoms with Crippen molar-refractivity contribution in [1.29, 1.82) is 0 Å². The molecule has 0 bridgehead atoms. The summed E-state index contributed by atoms with van der Waals surface area (Å²) in [5.74, 6) is 0. The van der Waals surface area contributed by atoms with Crippen molar-refractivity contribution >= 4 is 33.2 Å². The molecule has 0 unspecified atom stereocenters. The van der Waals surface area contributed by atoms with Crippen LogP contribution in [-0.2, 0) is 16.6 Å². The summed E-state index contributed by atoms with van der Waals surface area (Å²) in [6.07, 6.45) is 3.21. The average molecular weight is 317 g/mol. The maximum absolute atomic E-state index is 12.1. The molecule has 0 radical (unpaired) electrons. The molecule has 0 saturated heterocycles. The van der Waals surface area contributed by atoms with Crippen molar-refractivity contribution < 1.29 is 8.42 Å². The van der Waals surface area contributed by atoms with Gasteiger partial charge in [0.25, 0.3) is 0 Å². The Labute approximate surface area is 121 Å². The molecule has 0 fully saturated rings. The minimum atomic E-state index is -3.65. The van der Waals surface area contributed by atoms with Crippen LogP contribution in [-0.4, -0.2) is 13.4 Å². The highest BCUT2D eigenvalue weighted by Gasteiger charge is 2.15. The third kappa shape index (κ3) is 3.91. The molecule has 2 rings (SSSR count). The Hall–Kier alpha value is -1.14. The molecule has 2 aromatic rings. The third-order valence-electron chi connectivity index (χ3n) is 2.34. The first-order valence-corrected chi connectivity index (χ1v) is 7.56. The molecule has 0 spiro atoms. The fourth-order valence-electron chi connectivity index (χ4n) is 1.45. The monoisotopic (exact) mass is 316 g/mol. The van der Waals surface area contributed by atoms with Gasteiger partial charge in [0.05, 0.1) is 4.90 Å². The molecule has 0 aliphatic rings. The Balaban J connectivity index is 2.19. The van der Waals surface area contributed by atoms with E-state index in [2.05, 4.69) is 9.71 Å². The van der Waals surface area contributed by atoms with Crippen LogP contribution in [0, 0.1) is 0 Å². The molecular weight excluding hydrogens is 307 g/mol. The lowest BCUT2D eigenvalue weighted by molar-refractivity contribution is 0.581. The minimum Gasteiger partial charge on any atom is -0.264 e. The van der Waals surface area contributed by atoms with Crippen LogP contribution in [0.1, 0.15) is 5.56 Å². The first-order valence-electron chi connectivity index (χ1n) is 5.32. The van der Waals surface area contributed by atoms with Gasteiger partial charge in [-0.1, -0.05) is 29.3 Å². The number of sulfonamides is 1. The van der Waals surface area contributed by atoms with Crippen molar-refractivity contribution in [2.24, 2.45) is 0 Å². The van der Waals surface area contributed by atoms with Crippen LogP contribution >= 0.6 is 23.2 Å². The number of benzene rings is 1. The summed E-state index contributed by atoms with van der Waals surface area (Å²) in [6.45, 7) is 0.153. The van der Waals surface area contributed by atoms with Gasteiger partial charge in [0, 0.05) is 29.0 Å². The van der Waals surface area contributed by atoms with Gasteiger partial charge in [-0.2, -0.15) is 0 Å². The smallest absolute Gasteiger partial charge is 0.240 e. The predicted octanol–water partition coefficient (Wildman–Crippen LogP) is 2.87. The van der Waals surface area contributed by atoms with E-state index in [4.69, 9.17) is 23.2 Å². The van der Waals surface area contributed by atoms with Gasteiger partial charge < -0.3 is 0 Å². The molecule has 100 valence electrons. The molecule has 1 aromatic heterocycles. The van der Waals surface area contributed by atoms with Gasteiger partial charge >= 0.3 is 0 Å². The van der Waals surface area contributed by atoms with Crippen molar-refractivity contribution in [2.75, 3.05) is 0 Å². The summed E-state index contributed by atoms with van der Waals surface area (Å²) in [6, 6.07) is 7.68. The zero-order valence-corrected chi connectivity index (χ0v) is 12.0. The van der Waals surface area contributed by atoms with Crippen molar-refractivity contribution in [2.45, 2.75) is 11.4 Å². The predicted molar refractivity (Wildman–Crippen MR) is 74.7 cm³/mol. The second-order valence-electron chi connectivity index (χ2n) is 3.79. The first kappa shape index (κ1) is 14.3. The normalized spacial score (nSPS) is 11.5. The topological polar surface area (TPSA) is 59.1 Å². The number of rotatable bonds is 4. The molecule has 0 aliphatic carbocycles. The van der Waals surface area contributed by atoms with E-state index in [0.717, 1.165) is 5.56 Å². The SMILES string of the molecule is O=S(=O)(NCc1cccnc1)c1cc(Cl)cc(Cl)c1. The highest BCUT2D eigenvalue weighted by Crippen LogP contribution is 2.22. The summed E-state index contributed by atoms with van der Waals surface area (Å²) in [7, 11) is -3.65. The van der Waals surface area contributed by atoms with Crippen molar-refractivity contribution in [3.63, 3.8) is 0 Å². The van der Waals surface area contributed by atoms with Crippen LogP contribution in [0.2, 0.25) is 10.0 Å². The van der Waals surface area contributed by atoms with E-state index in [-0.39, 0.29) is 21.5 Å². The number of hydrogen-bond acceptors (Lipinski definition) is 3. The lowest BCUT2D eigenvalue weighted by atomic mass is 10.3. The molecule has 0 saturated carbocycles. The highest BCUT2D eigenvalue weighted by atomic mass is 35.5. The standard InChI is InChI=1S/C12H10Cl2N2O2S/c13-10-4-11(14)6-12(5-10)19(17,18)16-8-9-2-1-3-15-7-9/h1-7,16H,8H2. The third-order valence-corrected chi connectivity index (χ3v) is 4.15. The van der Waals surface area contributed by atoms with E-state index >= 15 is 0 Å². The molecule has 1 heterocycles. The largest absolute Gasteiger partial charge is 0.264 e. The van der Waals surface area contributed by atoms with E-state index < -0.39 is 10.0 Å². The Kier molecular flexibility index (Phi) is 4.42. The van der Waals surface area contributed by atoms with Crippen molar-refractivity contribution in [3.8, 4) is 0 Å². The Morgan fingerprint density at radius 3 is 2.42 bits per heavy atom. The fourth-order valence-corrected chi connectivity index (χ4v) is 3.19. The van der Waals surface area contributed by atoms with Crippen LogP contribution in [0.4, 0.5) is 0 Å². The van der Waals surface area contributed by atoms with Crippen LogP contribution in [0.5, 0.6) is 0 Å². The summed E-state index contributed by atoms with van der Waals surface area (Å²) in [5.41, 5.74) is 0.763. The second kappa shape index (κ2) is 5.88. The molecule has 19 heavy (non-hydrogen) atoms. The van der Waals surface area contributed by atoms with Crippen LogP contribution < -0.4 is 4.72 Å². The van der Waals surface area contributed by atoms with Gasteiger partial charge in [0.15, 0.2) is 0 Å². The van der Waals surface area contributed by atoms with Crippen molar-refractivity contribution in [1.82, 2.24) is 9.71 Å². The summed E-state index contributed by atoms with van der Waals surface area (Å²) in [5, 5.41) is 0.545. The van der Waals surface area contributed by atoms with E-state index in [1.54, 1.807) is 24.5 Å². The minimum absolute atomic E-state index is 0.0360. The van der Waals surface area contributed by atoms with E-state index in [0.29, 0.717) is 0 Å². The molecule has 1 N–H and O–H groups in total. The van der Waals surface area contributed by atoms with Crippen molar-refractivity contribution in [3.05, 3.63) is 58.3 Å². The average Bonchev–Trinajstić information content (AvgIpc) is 2.37. The lowest BCUT2D eigenvalue weighted by Crippen LogP contribution is -2.23. The van der Waals surface area contributed by atoms with E-state index in [1.807, 2.05) is 0 Å². The Bertz CT molecular complexity index is 655. The number of aromatic nitrogens is 1. The van der Waals surface area contributed by atoms with E-state index in [1.165, 1.54) is 18.2 Å². The van der Waals surface area contributed by atoms with E-state index in [9.17, 15) is 8.42 Å². The molecule has 1 aromatic carbocycles. The molecular formula is C12H10Cl2N2O2S.